The first kappa shape index (κ1) is 18.1. The molecule has 0 saturated heterocycles. The van der Waals surface area contributed by atoms with E-state index in [0.29, 0.717) is 12.2 Å². The molecule has 0 atom stereocenters. The second-order valence-electron chi connectivity index (χ2n) is 6.65. The third-order valence-electron chi connectivity index (χ3n) is 4.73. The third kappa shape index (κ3) is 4.09. The van der Waals surface area contributed by atoms with Gasteiger partial charge in [0.2, 0.25) is 5.95 Å². The number of nitrogen functional groups attached to an aromatic ring is 1. The highest BCUT2D eigenvalue weighted by molar-refractivity contribution is 5.80. The molecule has 0 aliphatic heterocycles. The highest BCUT2D eigenvalue weighted by Gasteiger charge is 2.18. The van der Waals surface area contributed by atoms with Crippen LogP contribution in [0.1, 0.15) is 49.1 Å². The van der Waals surface area contributed by atoms with Gasteiger partial charge in [0.1, 0.15) is 0 Å². The number of hydrogen-bond donors (Lipinski definition) is 2. The molecule has 3 rings (SSSR count). The van der Waals surface area contributed by atoms with E-state index < -0.39 is 5.97 Å². The molecule has 1 aliphatic carbocycles. The zero-order valence-corrected chi connectivity index (χ0v) is 15.1. The lowest BCUT2D eigenvalue weighted by molar-refractivity contribution is -0.148. The van der Waals surface area contributed by atoms with E-state index in [1.807, 2.05) is 13.8 Å². The summed E-state index contributed by atoms with van der Waals surface area (Å²) < 4.78 is 6.65. The van der Waals surface area contributed by atoms with Gasteiger partial charge >= 0.3 is 5.97 Å². The van der Waals surface area contributed by atoms with E-state index in [2.05, 4.69) is 20.4 Å². The second kappa shape index (κ2) is 7.67. The molecule has 1 aliphatic rings. The van der Waals surface area contributed by atoms with Crippen LogP contribution in [0.4, 0.5) is 5.95 Å². The van der Waals surface area contributed by atoms with Crippen LogP contribution in [-0.2, 0) is 20.7 Å². The van der Waals surface area contributed by atoms with Crippen molar-refractivity contribution in [2.24, 2.45) is 0 Å². The predicted molar refractivity (Wildman–Crippen MR) is 94.3 cm³/mol. The first-order valence-corrected chi connectivity index (χ1v) is 8.87. The first-order valence-electron chi connectivity index (χ1n) is 8.87. The van der Waals surface area contributed by atoms with Gasteiger partial charge < -0.3 is 15.8 Å². The molecule has 1 amide bonds. The summed E-state index contributed by atoms with van der Waals surface area (Å²) in [5.41, 5.74) is 8.12. The molecule has 9 heteroatoms. The van der Waals surface area contributed by atoms with Crippen LogP contribution in [0, 0.1) is 13.8 Å². The monoisotopic (exact) mass is 360 g/mol. The van der Waals surface area contributed by atoms with Gasteiger partial charge in [0, 0.05) is 23.9 Å². The lowest BCUT2D eigenvalue weighted by Gasteiger charge is -2.12. The fourth-order valence-electron chi connectivity index (χ4n) is 3.37. The molecule has 0 unspecified atom stereocenters. The molecule has 9 nitrogen and oxygen atoms in total. The lowest BCUT2D eigenvalue weighted by Crippen LogP contribution is -2.35. The SMILES string of the molecule is Cc1nc2nc(N)nn2c(C)c1CCC(=O)OCC(=O)NC1CCCC1. The van der Waals surface area contributed by atoms with Crippen LogP contribution in [0.15, 0.2) is 0 Å². The normalized spacial score (nSPS) is 14.7. The van der Waals surface area contributed by atoms with Crippen molar-refractivity contribution >= 4 is 23.6 Å². The summed E-state index contributed by atoms with van der Waals surface area (Å²) >= 11 is 0. The van der Waals surface area contributed by atoms with Crippen molar-refractivity contribution in [2.75, 3.05) is 12.3 Å². The first-order chi connectivity index (χ1) is 12.4. The second-order valence-corrected chi connectivity index (χ2v) is 6.65. The number of fused-ring (bicyclic) bond motifs is 1. The molecule has 2 heterocycles. The topological polar surface area (TPSA) is 124 Å². The van der Waals surface area contributed by atoms with Crippen molar-refractivity contribution in [2.45, 2.75) is 58.4 Å². The Kier molecular flexibility index (Phi) is 5.34. The van der Waals surface area contributed by atoms with Gasteiger partial charge in [-0.1, -0.05) is 12.8 Å². The summed E-state index contributed by atoms with van der Waals surface area (Å²) in [5, 5.41) is 6.99. The molecule has 0 radical (unpaired) electrons. The minimum absolute atomic E-state index is 0.157. The number of nitrogens with two attached hydrogens (primary N) is 1. The number of anilines is 1. The van der Waals surface area contributed by atoms with Gasteiger partial charge in [-0.15, -0.1) is 5.10 Å². The maximum absolute atomic E-state index is 12.0. The maximum Gasteiger partial charge on any atom is 0.306 e. The van der Waals surface area contributed by atoms with Crippen LogP contribution in [0.5, 0.6) is 0 Å². The lowest BCUT2D eigenvalue weighted by atomic mass is 10.1. The number of rotatable bonds is 6. The molecule has 3 N–H and O–H groups in total. The highest BCUT2D eigenvalue weighted by atomic mass is 16.5. The number of aryl methyl sites for hydroxylation is 2. The minimum atomic E-state index is -0.413. The summed E-state index contributed by atoms with van der Waals surface area (Å²) in [5.74, 6) is -0.0559. The van der Waals surface area contributed by atoms with E-state index in [1.165, 1.54) is 0 Å². The van der Waals surface area contributed by atoms with E-state index in [4.69, 9.17) is 10.5 Å². The number of hydrogen-bond acceptors (Lipinski definition) is 7. The van der Waals surface area contributed by atoms with E-state index in [1.54, 1.807) is 4.52 Å². The number of esters is 1. The zero-order chi connectivity index (χ0) is 18.7. The van der Waals surface area contributed by atoms with Crippen LogP contribution in [0.3, 0.4) is 0 Å². The Bertz CT molecular complexity index is 826. The molecule has 1 fully saturated rings. The molecule has 0 bridgehead atoms. The summed E-state index contributed by atoms with van der Waals surface area (Å²) in [4.78, 5) is 32.2. The Hall–Kier alpha value is -2.71. The Balaban J connectivity index is 1.52. The van der Waals surface area contributed by atoms with Crippen molar-refractivity contribution in [3.05, 3.63) is 17.0 Å². The number of nitrogens with zero attached hydrogens (tertiary/aromatic N) is 4. The number of carbonyl (C=O) groups excluding carboxylic acids is 2. The minimum Gasteiger partial charge on any atom is -0.456 e. The van der Waals surface area contributed by atoms with E-state index in [0.717, 1.165) is 42.6 Å². The van der Waals surface area contributed by atoms with Crippen molar-refractivity contribution < 1.29 is 14.3 Å². The third-order valence-corrected chi connectivity index (χ3v) is 4.73. The average molecular weight is 360 g/mol. The van der Waals surface area contributed by atoms with Crippen LogP contribution >= 0.6 is 0 Å². The van der Waals surface area contributed by atoms with Crippen molar-refractivity contribution in [1.29, 1.82) is 0 Å². The molecule has 0 spiro atoms. The van der Waals surface area contributed by atoms with Crippen LogP contribution in [0.25, 0.3) is 5.78 Å². The summed E-state index contributed by atoms with van der Waals surface area (Å²) in [6, 6.07) is 0.222. The molecule has 2 aromatic heterocycles. The van der Waals surface area contributed by atoms with Crippen LogP contribution in [0.2, 0.25) is 0 Å². The van der Waals surface area contributed by atoms with E-state index in [9.17, 15) is 9.59 Å². The number of amides is 1. The number of nitrogens with one attached hydrogen (secondary N) is 1. The van der Waals surface area contributed by atoms with Crippen molar-refractivity contribution in [3.63, 3.8) is 0 Å². The van der Waals surface area contributed by atoms with Crippen molar-refractivity contribution in [3.8, 4) is 0 Å². The standard InChI is InChI=1S/C17H24N6O3/c1-10-13(11(2)23-17(19-10)21-16(18)22-23)7-8-15(25)26-9-14(24)20-12-5-3-4-6-12/h12H,3-9H2,1-2H3,(H2,18,22)(H,20,24). The van der Waals surface area contributed by atoms with Gasteiger partial charge in [0.15, 0.2) is 6.61 Å². The Morgan fingerprint density at radius 3 is 2.73 bits per heavy atom. The number of ether oxygens (including phenoxy) is 1. The molecule has 26 heavy (non-hydrogen) atoms. The summed E-state index contributed by atoms with van der Waals surface area (Å²) in [6.07, 6.45) is 4.89. The Morgan fingerprint density at radius 2 is 2.00 bits per heavy atom. The summed E-state index contributed by atoms with van der Waals surface area (Å²) in [7, 11) is 0. The fraction of sp³-hybridized carbons (Fsp3) is 0.588. The molecule has 1 saturated carbocycles. The Morgan fingerprint density at radius 1 is 1.27 bits per heavy atom. The van der Waals surface area contributed by atoms with Gasteiger partial charge in [-0.05, 0) is 38.7 Å². The van der Waals surface area contributed by atoms with Gasteiger partial charge in [0.05, 0.1) is 0 Å². The van der Waals surface area contributed by atoms with Crippen LogP contribution < -0.4 is 11.1 Å². The van der Waals surface area contributed by atoms with Crippen molar-refractivity contribution in [1.82, 2.24) is 24.9 Å². The largest absolute Gasteiger partial charge is 0.456 e. The molecule has 0 aromatic carbocycles. The van der Waals surface area contributed by atoms with Gasteiger partial charge in [-0.3, -0.25) is 9.59 Å². The average Bonchev–Trinajstić information content (AvgIpc) is 3.22. The summed E-state index contributed by atoms with van der Waals surface area (Å²) in [6.45, 7) is 3.50. The van der Waals surface area contributed by atoms with Crippen LogP contribution in [-0.4, -0.2) is 44.1 Å². The molecular weight excluding hydrogens is 336 g/mol. The molecular formula is C17H24N6O3. The quantitative estimate of drug-likeness (QED) is 0.732. The van der Waals surface area contributed by atoms with E-state index in [-0.39, 0.29) is 30.9 Å². The molecule has 2 aromatic rings. The molecule has 140 valence electrons. The van der Waals surface area contributed by atoms with E-state index >= 15 is 0 Å². The highest BCUT2D eigenvalue weighted by Crippen LogP contribution is 2.18. The smallest absolute Gasteiger partial charge is 0.306 e. The van der Waals surface area contributed by atoms with Gasteiger partial charge in [-0.25, -0.2) is 4.98 Å². The van der Waals surface area contributed by atoms with Gasteiger partial charge in [0.25, 0.3) is 11.7 Å². The maximum atomic E-state index is 12.0. The number of aromatic nitrogens is 4. The Labute approximate surface area is 151 Å². The number of carbonyl (C=O) groups is 2. The fourth-order valence-corrected chi connectivity index (χ4v) is 3.37. The zero-order valence-electron chi connectivity index (χ0n) is 15.1. The van der Waals surface area contributed by atoms with Gasteiger partial charge in [-0.2, -0.15) is 9.50 Å². The predicted octanol–water partition coefficient (Wildman–Crippen LogP) is 0.858.